The molecule has 0 bridgehead atoms. The first kappa shape index (κ1) is 3.72. The molecule has 0 amide bonds. The summed E-state index contributed by atoms with van der Waals surface area (Å²) < 4.78 is 0. The number of rotatable bonds is 2. The third-order valence-electron chi connectivity index (χ3n) is 0.931. The van der Waals surface area contributed by atoms with E-state index in [1.165, 1.54) is 12.8 Å². The summed E-state index contributed by atoms with van der Waals surface area (Å²) in [6.07, 6.45) is 4.44. The summed E-state index contributed by atoms with van der Waals surface area (Å²) in [6.45, 7) is 3.53. The number of nitrogens with one attached hydrogen (secondary N) is 1. The SMILES string of the molecule is C=CNC1CC1. The van der Waals surface area contributed by atoms with Gasteiger partial charge in [0.1, 0.15) is 0 Å². The van der Waals surface area contributed by atoms with Crippen LogP contribution in [0.15, 0.2) is 12.8 Å². The summed E-state index contributed by atoms with van der Waals surface area (Å²) in [5.74, 6) is 0. The summed E-state index contributed by atoms with van der Waals surface area (Å²) in [4.78, 5) is 0. The van der Waals surface area contributed by atoms with Crippen LogP contribution in [0.4, 0.5) is 0 Å². The first-order chi connectivity index (χ1) is 2.93. The van der Waals surface area contributed by atoms with E-state index in [0.29, 0.717) is 0 Å². The molecular formula is C5H9N. The Hall–Kier alpha value is -0.460. The van der Waals surface area contributed by atoms with Crippen molar-refractivity contribution in [2.45, 2.75) is 18.9 Å². The van der Waals surface area contributed by atoms with Crippen molar-refractivity contribution in [3.63, 3.8) is 0 Å². The van der Waals surface area contributed by atoms with Gasteiger partial charge in [0.15, 0.2) is 0 Å². The Bertz CT molecular complexity index is 55.0. The predicted molar refractivity (Wildman–Crippen MR) is 26.4 cm³/mol. The highest BCUT2D eigenvalue weighted by atomic mass is 14.9. The van der Waals surface area contributed by atoms with Crippen molar-refractivity contribution in [1.82, 2.24) is 5.32 Å². The lowest BCUT2D eigenvalue weighted by molar-refractivity contribution is 0.865. The van der Waals surface area contributed by atoms with E-state index in [1.807, 2.05) is 0 Å². The van der Waals surface area contributed by atoms with Crippen molar-refractivity contribution in [2.24, 2.45) is 0 Å². The second-order valence-electron chi connectivity index (χ2n) is 1.65. The molecule has 1 aliphatic carbocycles. The van der Waals surface area contributed by atoms with Crippen LogP contribution in [0.25, 0.3) is 0 Å². The maximum Gasteiger partial charge on any atom is 0.0257 e. The van der Waals surface area contributed by atoms with Crippen LogP contribution >= 0.6 is 0 Å². The smallest absolute Gasteiger partial charge is 0.0257 e. The molecule has 0 unspecified atom stereocenters. The van der Waals surface area contributed by atoms with Gasteiger partial charge in [-0.25, -0.2) is 0 Å². The first-order valence-corrected chi connectivity index (χ1v) is 2.30. The quantitative estimate of drug-likeness (QED) is 0.522. The van der Waals surface area contributed by atoms with Crippen LogP contribution in [-0.2, 0) is 0 Å². The van der Waals surface area contributed by atoms with Crippen LogP contribution in [0, 0.1) is 0 Å². The maximum absolute atomic E-state index is 3.53. The molecule has 1 saturated carbocycles. The van der Waals surface area contributed by atoms with Crippen LogP contribution in [-0.4, -0.2) is 6.04 Å². The summed E-state index contributed by atoms with van der Waals surface area (Å²) in [7, 11) is 0. The molecule has 6 heavy (non-hydrogen) atoms. The third kappa shape index (κ3) is 0.744. The van der Waals surface area contributed by atoms with Crippen molar-refractivity contribution in [1.29, 1.82) is 0 Å². The van der Waals surface area contributed by atoms with Gasteiger partial charge < -0.3 is 5.32 Å². The molecule has 0 saturated heterocycles. The molecule has 0 radical (unpaired) electrons. The van der Waals surface area contributed by atoms with Gasteiger partial charge in [0.05, 0.1) is 0 Å². The number of hydrogen-bond acceptors (Lipinski definition) is 1. The number of hydrogen-bond donors (Lipinski definition) is 1. The zero-order valence-electron chi connectivity index (χ0n) is 3.78. The van der Waals surface area contributed by atoms with Gasteiger partial charge in [0, 0.05) is 6.04 Å². The second kappa shape index (κ2) is 1.33. The average Bonchev–Trinajstić information content (AvgIpc) is 2.21. The Morgan fingerprint density at radius 1 is 1.67 bits per heavy atom. The maximum atomic E-state index is 3.53. The van der Waals surface area contributed by atoms with Gasteiger partial charge in [-0.05, 0) is 19.0 Å². The van der Waals surface area contributed by atoms with E-state index in [0.717, 1.165) is 6.04 Å². The van der Waals surface area contributed by atoms with Crippen molar-refractivity contribution < 1.29 is 0 Å². The van der Waals surface area contributed by atoms with Crippen LogP contribution < -0.4 is 5.32 Å². The molecule has 1 aliphatic rings. The van der Waals surface area contributed by atoms with E-state index in [9.17, 15) is 0 Å². The molecule has 0 spiro atoms. The molecule has 1 nitrogen and oxygen atoms in total. The molecular weight excluding hydrogens is 74.1 g/mol. The molecule has 0 heterocycles. The fraction of sp³-hybridized carbons (Fsp3) is 0.600. The van der Waals surface area contributed by atoms with Gasteiger partial charge in [0.2, 0.25) is 0 Å². The minimum absolute atomic E-state index is 0.780. The lowest BCUT2D eigenvalue weighted by atomic mass is 10.7. The molecule has 1 rings (SSSR count). The Balaban J connectivity index is 2.00. The Kier molecular flexibility index (Phi) is 0.825. The molecule has 0 aromatic rings. The monoisotopic (exact) mass is 83.1 g/mol. The van der Waals surface area contributed by atoms with Crippen LogP contribution in [0.2, 0.25) is 0 Å². The van der Waals surface area contributed by atoms with Gasteiger partial charge >= 0.3 is 0 Å². The van der Waals surface area contributed by atoms with E-state index in [2.05, 4.69) is 11.9 Å². The topological polar surface area (TPSA) is 12.0 Å². The van der Waals surface area contributed by atoms with Crippen molar-refractivity contribution in [3.05, 3.63) is 12.8 Å². The third-order valence-corrected chi connectivity index (χ3v) is 0.931. The predicted octanol–water partition coefficient (Wildman–Crippen LogP) is 0.882. The molecule has 0 aromatic heterocycles. The zero-order chi connectivity index (χ0) is 4.41. The van der Waals surface area contributed by atoms with E-state index < -0.39 is 0 Å². The average molecular weight is 83.1 g/mol. The van der Waals surface area contributed by atoms with Crippen molar-refractivity contribution in [3.8, 4) is 0 Å². The van der Waals surface area contributed by atoms with Crippen molar-refractivity contribution >= 4 is 0 Å². The minimum Gasteiger partial charge on any atom is -0.389 e. The fourth-order valence-corrected chi connectivity index (χ4v) is 0.417. The summed E-state index contributed by atoms with van der Waals surface area (Å²) in [5.41, 5.74) is 0. The van der Waals surface area contributed by atoms with Crippen LogP contribution in [0.3, 0.4) is 0 Å². The normalized spacial score (nSPS) is 20.0. The molecule has 0 aromatic carbocycles. The van der Waals surface area contributed by atoms with Gasteiger partial charge in [-0.1, -0.05) is 6.58 Å². The molecule has 1 fully saturated rings. The second-order valence-corrected chi connectivity index (χ2v) is 1.65. The minimum atomic E-state index is 0.780. The lowest BCUT2D eigenvalue weighted by Gasteiger charge is -1.87. The standard InChI is InChI=1S/C5H9N/c1-2-6-5-3-4-5/h2,5-6H,1,3-4H2. The van der Waals surface area contributed by atoms with Crippen LogP contribution in [0.5, 0.6) is 0 Å². The van der Waals surface area contributed by atoms with Gasteiger partial charge in [-0.15, -0.1) is 0 Å². The zero-order valence-corrected chi connectivity index (χ0v) is 3.78. The largest absolute Gasteiger partial charge is 0.389 e. The highest BCUT2D eigenvalue weighted by Gasteiger charge is 2.17. The first-order valence-electron chi connectivity index (χ1n) is 2.30. The van der Waals surface area contributed by atoms with Crippen molar-refractivity contribution in [2.75, 3.05) is 0 Å². The summed E-state index contributed by atoms with van der Waals surface area (Å²) in [5, 5.41) is 3.08. The Labute approximate surface area is 38.1 Å². The Morgan fingerprint density at radius 2 is 2.33 bits per heavy atom. The summed E-state index contributed by atoms with van der Waals surface area (Å²) >= 11 is 0. The lowest BCUT2D eigenvalue weighted by Crippen LogP contribution is -2.04. The van der Waals surface area contributed by atoms with E-state index in [4.69, 9.17) is 0 Å². The molecule has 34 valence electrons. The molecule has 0 aliphatic heterocycles. The summed E-state index contributed by atoms with van der Waals surface area (Å²) in [6, 6.07) is 0.780. The van der Waals surface area contributed by atoms with Gasteiger partial charge in [0.25, 0.3) is 0 Å². The Morgan fingerprint density at radius 3 is 2.50 bits per heavy atom. The molecule has 1 heteroatoms. The molecule has 0 atom stereocenters. The van der Waals surface area contributed by atoms with E-state index in [1.54, 1.807) is 6.20 Å². The van der Waals surface area contributed by atoms with E-state index >= 15 is 0 Å². The van der Waals surface area contributed by atoms with E-state index in [-0.39, 0.29) is 0 Å². The fourth-order valence-electron chi connectivity index (χ4n) is 0.417. The van der Waals surface area contributed by atoms with Gasteiger partial charge in [-0.3, -0.25) is 0 Å². The van der Waals surface area contributed by atoms with Crippen LogP contribution in [0.1, 0.15) is 12.8 Å². The molecule has 1 N–H and O–H groups in total. The highest BCUT2D eigenvalue weighted by Crippen LogP contribution is 2.17. The highest BCUT2D eigenvalue weighted by molar-refractivity contribution is 4.84. The van der Waals surface area contributed by atoms with Gasteiger partial charge in [-0.2, -0.15) is 0 Å².